The summed E-state index contributed by atoms with van der Waals surface area (Å²) in [7, 11) is -1.63. The van der Waals surface area contributed by atoms with E-state index in [9.17, 15) is 8.42 Å². The van der Waals surface area contributed by atoms with E-state index in [-0.39, 0.29) is 5.03 Å². The molecule has 1 aromatic rings. The fraction of sp³-hybridized carbons (Fsp3) is 0.615. The second kappa shape index (κ2) is 8.18. The van der Waals surface area contributed by atoms with Gasteiger partial charge in [0.05, 0.1) is 5.69 Å². The molecule has 20 heavy (non-hydrogen) atoms. The summed E-state index contributed by atoms with van der Waals surface area (Å²) in [4.78, 5) is 6.03. The van der Waals surface area contributed by atoms with Crippen molar-refractivity contribution < 1.29 is 8.42 Å². The van der Waals surface area contributed by atoms with Crippen molar-refractivity contribution in [1.82, 2.24) is 14.6 Å². The van der Waals surface area contributed by atoms with Crippen LogP contribution in [0.25, 0.3) is 0 Å². The molecule has 0 atom stereocenters. The summed E-state index contributed by atoms with van der Waals surface area (Å²) in [6.07, 6.45) is 2.41. The first-order valence-corrected chi connectivity index (χ1v) is 8.36. The summed E-state index contributed by atoms with van der Waals surface area (Å²) in [5.74, 6) is 0. The van der Waals surface area contributed by atoms with Crippen molar-refractivity contribution in [2.24, 2.45) is 0 Å². The fourth-order valence-corrected chi connectivity index (χ4v) is 2.72. The Kier molecular flexibility index (Phi) is 6.90. The first-order valence-electron chi connectivity index (χ1n) is 6.88. The molecule has 0 aliphatic heterocycles. The van der Waals surface area contributed by atoms with Crippen LogP contribution in [0.2, 0.25) is 0 Å². The number of anilines is 1. The number of rotatable bonds is 9. The SMILES string of the molecule is CCCNc1cccnc1S(=O)(=O)NCCN(C)CC. The first kappa shape index (κ1) is 16.9. The van der Waals surface area contributed by atoms with E-state index in [1.807, 2.05) is 25.8 Å². The van der Waals surface area contributed by atoms with Gasteiger partial charge in [-0.3, -0.25) is 0 Å². The molecule has 0 aromatic carbocycles. The highest BCUT2D eigenvalue weighted by Gasteiger charge is 2.19. The smallest absolute Gasteiger partial charge is 0.260 e. The Hall–Kier alpha value is -1.18. The quantitative estimate of drug-likeness (QED) is 0.715. The van der Waals surface area contributed by atoms with E-state index in [2.05, 4.69) is 15.0 Å². The lowest BCUT2D eigenvalue weighted by Gasteiger charge is -2.15. The summed E-state index contributed by atoms with van der Waals surface area (Å²) in [6.45, 7) is 6.69. The van der Waals surface area contributed by atoms with Crippen molar-refractivity contribution in [2.75, 3.05) is 38.5 Å². The number of nitrogens with one attached hydrogen (secondary N) is 2. The Morgan fingerprint density at radius 2 is 2.05 bits per heavy atom. The number of pyridine rings is 1. The van der Waals surface area contributed by atoms with E-state index in [0.29, 0.717) is 25.3 Å². The molecule has 2 N–H and O–H groups in total. The molecule has 1 heterocycles. The van der Waals surface area contributed by atoms with E-state index in [1.54, 1.807) is 12.1 Å². The number of aromatic nitrogens is 1. The third kappa shape index (κ3) is 5.07. The van der Waals surface area contributed by atoms with Crippen molar-refractivity contribution >= 4 is 15.7 Å². The standard InChI is InChI=1S/C13H24N4O2S/c1-4-8-14-12-7-6-9-15-13(12)20(18,19)16-10-11-17(3)5-2/h6-7,9,14,16H,4-5,8,10-11H2,1-3H3. The van der Waals surface area contributed by atoms with Gasteiger partial charge >= 0.3 is 0 Å². The van der Waals surface area contributed by atoms with Crippen molar-refractivity contribution in [3.05, 3.63) is 18.3 Å². The van der Waals surface area contributed by atoms with Crippen LogP contribution in [0.1, 0.15) is 20.3 Å². The van der Waals surface area contributed by atoms with Crippen molar-refractivity contribution in [1.29, 1.82) is 0 Å². The van der Waals surface area contributed by atoms with E-state index in [4.69, 9.17) is 0 Å². The Morgan fingerprint density at radius 1 is 1.30 bits per heavy atom. The van der Waals surface area contributed by atoms with Gasteiger partial charge in [0.15, 0.2) is 5.03 Å². The maximum atomic E-state index is 12.3. The zero-order chi connectivity index (χ0) is 15.0. The average molecular weight is 300 g/mol. The highest BCUT2D eigenvalue weighted by molar-refractivity contribution is 7.89. The Morgan fingerprint density at radius 3 is 2.70 bits per heavy atom. The van der Waals surface area contributed by atoms with Gasteiger partial charge in [-0.05, 0) is 32.1 Å². The molecule has 114 valence electrons. The van der Waals surface area contributed by atoms with E-state index >= 15 is 0 Å². The normalized spacial score (nSPS) is 11.8. The number of hydrogen-bond donors (Lipinski definition) is 2. The monoisotopic (exact) mass is 300 g/mol. The molecule has 0 unspecified atom stereocenters. The summed E-state index contributed by atoms with van der Waals surface area (Å²) < 4.78 is 27.1. The lowest BCUT2D eigenvalue weighted by atomic mass is 10.4. The van der Waals surface area contributed by atoms with Gasteiger partial charge in [-0.15, -0.1) is 0 Å². The molecule has 0 aliphatic rings. The van der Waals surface area contributed by atoms with E-state index < -0.39 is 10.0 Å². The molecule has 1 rings (SSSR count). The number of hydrogen-bond acceptors (Lipinski definition) is 5. The van der Waals surface area contributed by atoms with Crippen LogP contribution in [0.3, 0.4) is 0 Å². The maximum Gasteiger partial charge on any atom is 0.260 e. The van der Waals surface area contributed by atoms with Gasteiger partial charge in [0, 0.05) is 25.8 Å². The zero-order valence-electron chi connectivity index (χ0n) is 12.4. The van der Waals surface area contributed by atoms with Crippen molar-refractivity contribution in [2.45, 2.75) is 25.3 Å². The summed E-state index contributed by atoms with van der Waals surface area (Å²) in [6, 6.07) is 3.46. The van der Waals surface area contributed by atoms with Crippen LogP contribution in [0.15, 0.2) is 23.4 Å². The lowest BCUT2D eigenvalue weighted by Crippen LogP contribution is -2.33. The molecular formula is C13H24N4O2S. The first-order chi connectivity index (χ1) is 9.51. The average Bonchev–Trinajstić information content (AvgIpc) is 2.45. The highest BCUT2D eigenvalue weighted by atomic mass is 32.2. The third-order valence-electron chi connectivity index (χ3n) is 2.92. The highest BCUT2D eigenvalue weighted by Crippen LogP contribution is 2.17. The van der Waals surface area contributed by atoms with Crippen LogP contribution in [-0.2, 0) is 10.0 Å². The number of sulfonamides is 1. The molecular weight excluding hydrogens is 276 g/mol. The number of likely N-dealkylation sites (N-methyl/N-ethyl adjacent to an activating group) is 1. The lowest BCUT2D eigenvalue weighted by molar-refractivity contribution is 0.358. The van der Waals surface area contributed by atoms with Crippen molar-refractivity contribution in [3.8, 4) is 0 Å². The molecule has 7 heteroatoms. The Balaban J connectivity index is 2.76. The molecule has 0 aliphatic carbocycles. The van der Waals surface area contributed by atoms with Crippen LogP contribution >= 0.6 is 0 Å². The predicted molar refractivity (Wildman–Crippen MR) is 81.4 cm³/mol. The molecule has 0 saturated heterocycles. The summed E-state index contributed by atoms with van der Waals surface area (Å²) >= 11 is 0. The molecule has 0 radical (unpaired) electrons. The minimum Gasteiger partial charge on any atom is -0.383 e. The topological polar surface area (TPSA) is 74.3 Å². The second-order valence-corrected chi connectivity index (χ2v) is 6.26. The van der Waals surface area contributed by atoms with Gasteiger partial charge < -0.3 is 10.2 Å². The second-order valence-electron chi connectivity index (χ2n) is 4.58. The molecule has 0 fully saturated rings. The van der Waals surface area contributed by atoms with Gasteiger partial charge in [0.1, 0.15) is 0 Å². The maximum absolute atomic E-state index is 12.3. The fourth-order valence-electron chi connectivity index (χ4n) is 1.60. The van der Waals surface area contributed by atoms with Gasteiger partial charge in [-0.2, -0.15) is 0 Å². The molecule has 0 saturated carbocycles. The Bertz CT molecular complexity index is 505. The van der Waals surface area contributed by atoms with Crippen LogP contribution in [0.5, 0.6) is 0 Å². The van der Waals surface area contributed by atoms with Crippen LogP contribution < -0.4 is 10.0 Å². The van der Waals surface area contributed by atoms with Crippen LogP contribution in [0, 0.1) is 0 Å². The van der Waals surface area contributed by atoms with Gasteiger partial charge in [0.2, 0.25) is 0 Å². The minimum atomic E-state index is -3.58. The summed E-state index contributed by atoms with van der Waals surface area (Å²) in [5, 5.41) is 3.15. The minimum absolute atomic E-state index is 0.0626. The van der Waals surface area contributed by atoms with Crippen LogP contribution in [0.4, 0.5) is 5.69 Å². The molecule has 6 nitrogen and oxygen atoms in total. The third-order valence-corrected chi connectivity index (χ3v) is 4.34. The Labute approximate surface area is 121 Å². The van der Waals surface area contributed by atoms with Crippen molar-refractivity contribution in [3.63, 3.8) is 0 Å². The van der Waals surface area contributed by atoms with E-state index in [1.165, 1.54) is 6.20 Å². The van der Waals surface area contributed by atoms with Gasteiger partial charge in [0.25, 0.3) is 10.0 Å². The summed E-state index contributed by atoms with van der Waals surface area (Å²) in [5.41, 5.74) is 0.547. The molecule has 0 spiro atoms. The predicted octanol–water partition coefficient (Wildman–Crippen LogP) is 1.13. The van der Waals surface area contributed by atoms with Crippen LogP contribution in [-0.4, -0.2) is 51.5 Å². The molecule has 0 bridgehead atoms. The van der Waals surface area contributed by atoms with Gasteiger partial charge in [-0.25, -0.2) is 18.1 Å². The zero-order valence-corrected chi connectivity index (χ0v) is 13.2. The van der Waals surface area contributed by atoms with Gasteiger partial charge in [-0.1, -0.05) is 13.8 Å². The van der Waals surface area contributed by atoms with E-state index in [0.717, 1.165) is 13.0 Å². The molecule has 0 amide bonds. The largest absolute Gasteiger partial charge is 0.383 e. The number of nitrogens with zero attached hydrogens (tertiary/aromatic N) is 2. The molecule has 1 aromatic heterocycles.